The van der Waals surface area contributed by atoms with Crippen LogP contribution in [0.4, 0.5) is 17.1 Å². The zero-order valence-electron chi connectivity index (χ0n) is 14.1. The van der Waals surface area contributed by atoms with Gasteiger partial charge in [0, 0.05) is 29.8 Å². The molecule has 0 saturated heterocycles. The van der Waals surface area contributed by atoms with Gasteiger partial charge in [0.25, 0.3) is 11.4 Å². The third-order valence-corrected chi connectivity index (χ3v) is 5.34. The van der Waals surface area contributed by atoms with E-state index < -0.39 is 4.92 Å². The first kappa shape index (κ1) is 16.3. The maximum absolute atomic E-state index is 11.5. The second kappa shape index (κ2) is 5.94. The molecule has 0 bridgehead atoms. The largest absolute Gasteiger partial charge is 0.377 e. The van der Waals surface area contributed by atoms with Crippen LogP contribution in [0.25, 0.3) is 0 Å². The molecule has 1 heterocycles. The molecule has 132 valence electrons. The minimum Gasteiger partial charge on any atom is -0.377 e. The summed E-state index contributed by atoms with van der Waals surface area (Å²) in [5, 5.41) is 26.1. The average Bonchev–Trinajstić information content (AvgIpc) is 3.11. The summed E-state index contributed by atoms with van der Waals surface area (Å²) < 4.78 is 0. The van der Waals surface area contributed by atoms with Crippen LogP contribution in [0.15, 0.2) is 48.6 Å². The number of nitrogens with one attached hydrogen (secondary N) is 1. The first-order chi connectivity index (χ1) is 12.5. The highest BCUT2D eigenvalue weighted by molar-refractivity contribution is 5.70. The smallest absolute Gasteiger partial charge is 0.275 e. The van der Waals surface area contributed by atoms with E-state index in [1.807, 2.05) is 25.1 Å². The Labute approximate surface area is 149 Å². The zero-order chi connectivity index (χ0) is 18.4. The van der Waals surface area contributed by atoms with Crippen molar-refractivity contribution in [1.29, 1.82) is 0 Å². The Balaban J connectivity index is 1.85. The minimum absolute atomic E-state index is 0.0494. The van der Waals surface area contributed by atoms with Crippen molar-refractivity contribution in [3.8, 4) is 0 Å². The first-order valence-corrected chi connectivity index (χ1v) is 8.43. The van der Waals surface area contributed by atoms with Crippen LogP contribution in [0, 0.1) is 33.1 Å². The van der Waals surface area contributed by atoms with Crippen LogP contribution < -0.4 is 5.32 Å². The SMILES string of the molecule is Cc1ccc([N+](=O)[O-])c2c1N[C@H](c1cccc([N+](=O)[O-])c1)[C@H]1CC=C[C@@H]21. The topological polar surface area (TPSA) is 98.3 Å². The highest BCUT2D eigenvalue weighted by Gasteiger charge is 2.42. The molecule has 2 aromatic rings. The fourth-order valence-corrected chi connectivity index (χ4v) is 4.16. The number of anilines is 1. The third kappa shape index (κ3) is 2.44. The predicted molar refractivity (Wildman–Crippen MR) is 97.3 cm³/mol. The number of rotatable bonds is 3. The van der Waals surface area contributed by atoms with Gasteiger partial charge in [-0.05, 0) is 30.4 Å². The Kier molecular flexibility index (Phi) is 3.72. The maximum atomic E-state index is 11.5. The van der Waals surface area contributed by atoms with Gasteiger partial charge in [-0.2, -0.15) is 0 Å². The number of non-ortho nitro benzene ring substituents is 1. The molecule has 1 aliphatic carbocycles. The molecular formula is C19H17N3O4. The molecule has 0 spiro atoms. The molecule has 4 rings (SSSR count). The molecule has 0 saturated carbocycles. The van der Waals surface area contributed by atoms with Crippen LogP contribution in [-0.4, -0.2) is 9.85 Å². The number of nitrogens with zero attached hydrogens (tertiary/aromatic N) is 2. The molecular weight excluding hydrogens is 334 g/mol. The number of fused-ring (bicyclic) bond motifs is 3. The van der Waals surface area contributed by atoms with Gasteiger partial charge < -0.3 is 5.32 Å². The van der Waals surface area contributed by atoms with Crippen molar-refractivity contribution in [3.63, 3.8) is 0 Å². The van der Waals surface area contributed by atoms with E-state index in [9.17, 15) is 20.2 Å². The molecule has 7 heteroatoms. The Bertz CT molecular complexity index is 954. The van der Waals surface area contributed by atoms with Crippen molar-refractivity contribution >= 4 is 17.1 Å². The number of benzene rings is 2. The minimum atomic E-state index is -0.402. The van der Waals surface area contributed by atoms with Gasteiger partial charge in [0.15, 0.2) is 0 Å². The standard InChI is InChI=1S/C19H17N3O4/c1-11-8-9-16(22(25)26)17-14-6-3-7-15(14)19(20-18(11)17)12-4-2-5-13(10-12)21(23)24/h2-6,8-10,14-15,19-20H,7H2,1H3/t14-,15+,19-/m1/s1. The molecule has 1 N–H and O–H groups in total. The van der Waals surface area contributed by atoms with Crippen LogP contribution in [0.3, 0.4) is 0 Å². The molecule has 0 radical (unpaired) electrons. The molecule has 2 aliphatic rings. The summed E-state index contributed by atoms with van der Waals surface area (Å²) in [5.74, 6) is 0.0146. The fraction of sp³-hybridized carbons (Fsp3) is 0.263. The Morgan fingerprint density at radius 1 is 1.12 bits per heavy atom. The van der Waals surface area contributed by atoms with Crippen molar-refractivity contribution in [2.75, 3.05) is 5.32 Å². The molecule has 0 unspecified atom stereocenters. The van der Waals surface area contributed by atoms with Crippen LogP contribution in [0.5, 0.6) is 0 Å². The first-order valence-electron chi connectivity index (χ1n) is 8.43. The van der Waals surface area contributed by atoms with Gasteiger partial charge in [0.05, 0.1) is 21.5 Å². The van der Waals surface area contributed by atoms with Gasteiger partial charge in [-0.25, -0.2) is 0 Å². The number of aryl methyl sites for hydroxylation is 1. The second-order valence-electron chi connectivity index (χ2n) is 6.77. The molecule has 3 atom stereocenters. The molecule has 26 heavy (non-hydrogen) atoms. The summed E-state index contributed by atoms with van der Waals surface area (Å²) in [6.45, 7) is 1.92. The van der Waals surface area contributed by atoms with Gasteiger partial charge in [-0.1, -0.05) is 30.4 Å². The van der Waals surface area contributed by atoms with Gasteiger partial charge in [-0.15, -0.1) is 0 Å². The Morgan fingerprint density at radius 2 is 1.92 bits per heavy atom. The number of hydrogen-bond donors (Lipinski definition) is 1. The number of nitro benzene ring substituents is 2. The third-order valence-electron chi connectivity index (χ3n) is 5.34. The van der Waals surface area contributed by atoms with E-state index in [1.165, 1.54) is 6.07 Å². The number of nitro groups is 2. The lowest BCUT2D eigenvalue weighted by atomic mass is 9.75. The maximum Gasteiger partial charge on any atom is 0.275 e. The Hall–Kier alpha value is -3.22. The lowest BCUT2D eigenvalue weighted by molar-refractivity contribution is -0.385. The monoisotopic (exact) mass is 351 g/mol. The summed E-state index contributed by atoms with van der Waals surface area (Å²) in [5.41, 5.74) is 3.42. The Morgan fingerprint density at radius 3 is 2.65 bits per heavy atom. The highest BCUT2D eigenvalue weighted by Crippen LogP contribution is 2.53. The van der Waals surface area contributed by atoms with Crippen molar-refractivity contribution in [2.45, 2.75) is 25.3 Å². The summed E-state index contributed by atoms with van der Waals surface area (Å²) in [7, 11) is 0. The van der Waals surface area contributed by atoms with Crippen molar-refractivity contribution < 1.29 is 9.85 Å². The fourth-order valence-electron chi connectivity index (χ4n) is 4.16. The van der Waals surface area contributed by atoms with E-state index >= 15 is 0 Å². The summed E-state index contributed by atoms with van der Waals surface area (Å²) in [6.07, 6.45) is 4.85. The van der Waals surface area contributed by atoms with Crippen LogP contribution in [0.1, 0.15) is 35.1 Å². The van der Waals surface area contributed by atoms with Crippen LogP contribution >= 0.6 is 0 Å². The number of hydrogen-bond acceptors (Lipinski definition) is 5. The van der Waals surface area contributed by atoms with E-state index in [0.717, 1.165) is 28.8 Å². The van der Waals surface area contributed by atoms with E-state index in [-0.39, 0.29) is 34.2 Å². The van der Waals surface area contributed by atoms with E-state index in [0.29, 0.717) is 0 Å². The molecule has 1 aliphatic heterocycles. The predicted octanol–water partition coefficient (Wildman–Crippen LogP) is 4.64. The molecule has 0 amide bonds. The molecule has 2 aromatic carbocycles. The molecule has 7 nitrogen and oxygen atoms in total. The van der Waals surface area contributed by atoms with E-state index in [2.05, 4.69) is 5.32 Å². The van der Waals surface area contributed by atoms with Gasteiger partial charge >= 0.3 is 0 Å². The second-order valence-corrected chi connectivity index (χ2v) is 6.77. The lowest BCUT2D eigenvalue weighted by Gasteiger charge is -2.37. The average molecular weight is 351 g/mol. The van der Waals surface area contributed by atoms with Gasteiger partial charge in [0.2, 0.25) is 0 Å². The summed E-state index contributed by atoms with van der Waals surface area (Å²) in [4.78, 5) is 21.9. The van der Waals surface area contributed by atoms with Gasteiger partial charge in [0.1, 0.15) is 0 Å². The number of allylic oxidation sites excluding steroid dienone is 2. The highest BCUT2D eigenvalue weighted by atomic mass is 16.6. The van der Waals surface area contributed by atoms with E-state index in [4.69, 9.17) is 0 Å². The zero-order valence-corrected chi connectivity index (χ0v) is 14.1. The van der Waals surface area contributed by atoms with Gasteiger partial charge in [-0.3, -0.25) is 20.2 Å². The quantitative estimate of drug-likeness (QED) is 0.493. The lowest BCUT2D eigenvalue weighted by Crippen LogP contribution is -2.30. The summed E-state index contributed by atoms with van der Waals surface area (Å²) >= 11 is 0. The normalized spacial score (nSPS) is 23.0. The van der Waals surface area contributed by atoms with Crippen LogP contribution in [0.2, 0.25) is 0 Å². The van der Waals surface area contributed by atoms with Crippen LogP contribution in [-0.2, 0) is 0 Å². The van der Waals surface area contributed by atoms with Crippen molar-refractivity contribution in [1.82, 2.24) is 0 Å². The van der Waals surface area contributed by atoms with Crippen molar-refractivity contribution in [2.24, 2.45) is 5.92 Å². The van der Waals surface area contributed by atoms with Crippen molar-refractivity contribution in [3.05, 3.63) is 85.5 Å². The summed E-state index contributed by atoms with van der Waals surface area (Å²) in [6, 6.07) is 9.79. The molecule has 0 aromatic heterocycles. The molecule has 0 fully saturated rings. The van der Waals surface area contributed by atoms with E-state index in [1.54, 1.807) is 24.3 Å².